The summed E-state index contributed by atoms with van der Waals surface area (Å²) < 4.78 is 0. The van der Waals surface area contributed by atoms with Crippen molar-refractivity contribution in [2.45, 2.75) is 18.6 Å². The average Bonchev–Trinajstić information content (AvgIpc) is 2.21. The van der Waals surface area contributed by atoms with Gasteiger partial charge in [0.2, 0.25) is 0 Å². The second kappa shape index (κ2) is 5.92. The van der Waals surface area contributed by atoms with Gasteiger partial charge in [-0.25, -0.2) is 4.98 Å². The van der Waals surface area contributed by atoms with Crippen molar-refractivity contribution in [1.82, 2.24) is 4.98 Å². The van der Waals surface area contributed by atoms with Crippen molar-refractivity contribution in [2.75, 3.05) is 5.75 Å². The van der Waals surface area contributed by atoms with Crippen LogP contribution in [-0.2, 0) is 0 Å². The molecule has 0 aliphatic carbocycles. The number of rotatable bonds is 4. The van der Waals surface area contributed by atoms with Gasteiger partial charge in [0, 0.05) is 11.8 Å². The third-order valence-corrected chi connectivity index (χ3v) is 2.89. The van der Waals surface area contributed by atoms with Gasteiger partial charge >= 0.3 is 0 Å². The van der Waals surface area contributed by atoms with Crippen LogP contribution in [-0.4, -0.2) is 27.1 Å². The molecule has 2 N–H and O–H groups in total. The number of aliphatic hydroxyl groups excluding tert-OH is 2. The summed E-state index contributed by atoms with van der Waals surface area (Å²) in [5.41, 5.74) is 0.443. The molecule has 0 radical (unpaired) electrons. The Hall–Kier alpha value is -0.0000000000000000555. The molecule has 0 aliphatic heterocycles. The van der Waals surface area contributed by atoms with E-state index in [0.717, 1.165) is 0 Å². The van der Waals surface area contributed by atoms with E-state index in [-0.39, 0.29) is 10.2 Å². The minimum Gasteiger partial charge on any atom is -0.390 e. The summed E-state index contributed by atoms with van der Waals surface area (Å²) in [5.74, 6) is 0.493. The maximum atomic E-state index is 9.71. The Morgan fingerprint density at radius 1 is 1.40 bits per heavy atom. The monoisotopic (exact) mass is 267 g/mol. The third-order valence-electron chi connectivity index (χ3n) is 1.95. The van der Waals surface area contributed by atoms with E-state index in [9.17, 15) is 10.2 Å². The van der Waals surface area contributed by atoms with Crippen LogP contribution in [0.25, 0.3) is 0 Å². The standard InChI is InChI=1S/C9H11Cl2NO2S/c10-6-3-5(4-12-9(6)11)8(14)7(13)1-2-15/h3-4,7-8,13-15H,1-2H2. The average molecular weight is 268 g/mol. The Kier molecular flexibility index (Phi) is 5.15. The molecule has 1 aromatic rings. The van der Waals surface area contributed by atoms with Gasteiger partial charge in [-0.15, -0.1) is 0 Å². The van der Waals surface area contributed by atoms with E-state index in [4.69, 9.17) is 23.2 Å². The van der Waals surface area contributed by atoms with Crippen molar-refractivity contribution in [3.8, 4) is 0 Å². The minimum atomic E-state index is -1.01. The molecule has 0 spiro atoms. The molecule has 0 amide bonds. The van der Waals surface area contributed by atoms with Gasteiger partial charge in [-0.05, 0) is 18.2 Å². The fourth-order valence-electron chi connectivity index (χ4n) is 1.11. The van der Waals surface area contributed by atoms with Crippen LogP contribution in [0.15, 0.2) is 12.3 Å². The van der Waals surface area contributed by atoms with Gasteiger partial charge in [0.15, 0.2) is 0 Å². The maximum absolute atomic E-state index is 9.71. The molecule has 0 fully saturated rings. The van der Waals surface area contributed by atoms with E-state index >= 15 is 0 Å². The van der Waals surface area contributed by atoms with Crippen molar-refractivity contribution in [3.05, 3.63) is 28.0 Å². The largest absolute Gasteiger partial charge is 0.390 e. The number of pyridine rings is 1. The Labute approximate surface area is 103 Å². The molecule has 2 unspecified atom stereocenters. The van der Waals surface area contributed by atoms with E-state index in [1.165, 1.54) is 12.3 Å². The van der Waals surface area contributed by atoms with Crippen LogP contribution in [0.4, 0.5) is 0 Å². The molecule has 3 nitrogen and oxygen atoms in total. The Morgan fingerprint density at radius 3 is 2.60 bits per heavy atom. The van der Waals surface area contributed by atoms with Crippen molar-refractivity contribution in [1.29, 1.82) is 0 Å². The van der Waals surface area contributed by atoms with Crippen LogP contribution in [0.1, 0.15) is 18.1 Å². The zero-order valence-electron chi connectivity index (χ0n) is 7.77. The van der Waals surface area contributed by atoms with Crippen LogP contribution in [0.2, 0.25) is 10.2 Å². The minimum absolute atomic E-state index is 0.177. The molecule has 1 rings (SSSR count). The van der Waals surface area contributed by atoms with Crippen LogP contribution in [0, 0.1) is 0 Å². The number of aromatic nitrogens is 1. The van der Waals surface area contributed by atoms with Crippen molar-refractivity contribution in [3.63, 3.8) is 0 Å². The van der Waals surface area contributed by atoms with E-state index in [2.05, 4.69) is 17.6 Å². The molecule has 0 bridgehead atoms. The second-order valence-corrected chi connectivity index (χ2v) is 4.28. The van der Waals surface area contributed by atoms with Crippen LogP contribution >= 0.6 is 35.8 Å². The zero-order chi connectivity index (χ0) is 11.4. The number of halogens is 2. The predicted octanol–water partition coefficient (Wildman–Crippen LogP) is 2.10. The van der Waals surface area contributed by atoms with Crippen LogP contribution in [0.3, 0.4) is 0 Å². The number of hydrogen-bond acceptors (Lipinski definition) is 4. The van der Waals surface area contributed by atoms with Gasteiger partial charge in [0.05, 0.1) is 11.1 Å². The van der Waals surface area contributed by atoms with E-state index < -0.39 is 12.2 Å². The van der Waals surface area contributed by atoms with Crippen molar-refractivity contribution < 1.29 is 10.2 Å². The normalized spacial score (nSPS) is 15.0. The molecule has 15 heavy (non-hydrogen) atoms. The summed E-state index contributed by atoms with van der Waals surface area (Å²) in [7, 11) is 0. The zero-order valence-corrected chi connectivity index (χ0v) is 10.2. The maximum Gasteiger partial charge on any atom is 0.147 e. The number of nitrogens with zero attached hydrogens (tertiary/aromatic N) is 1. The first-order chi connectivity index (χ1) is 7.06. The lowest BCUT2D eigenvalue weighted by Gasteiger charge is -2.17. The van der Waals surface area contributed by atoms with E-state index in [1.807, 2.05) is 0 Å². The molecule has 0 saturated heterocycles. The molecule has 84 valence electrons. The Morgan fingerprint density at radius 2 is 2.07 bits per heavy atom. The van der Waals surface area contributed by atoms with Gasteiger partial charge in [0.1, 0.15) is 11.3 Å². The summed E-state index contributed by atoms with van der Waals surface area (Å²) in [5, 5.41) is 19.7. The molecule has 6 heteroatoms. The lowest BCUT2D eigenvalue weighted by molar-refractivity contribution is 0.0170. The van der Waals surface area contributed by atoms with E-state index in [0.29, 0.717) is 17.7 Å². The van der Waals surface area contributed by atoms with Gasteiger partial charge in [-0.3, -0.25) is 0 Å². The fraction of sp³-hybridized carbons (Fsp3) is 0.444. The highest BCUT2D eigenvalue weighted by atomic mass is 35.5. The predicted molar refractivity (Wildman–Crippen MR) is 63.7 cm³/mol. The molecule has 0 saturated carbocycles. The number of thiol groups is 1. The number of aliphatic hydroxyl groups is 2. The van der Waals surface area contributed by atoms with Crippen molar-refractivity contribution >= 4 is 35.8 Å². The summed E-state index contributed by atoms with van der Waals surface area (Å²) in [4.78, 5) is 3.79. The molecule has 1 aromatic heterocycles. The summed E-state index contributed by atoms with van der Waals surface area (Å²) in [6.45, 7) is 0. The smallest absolute Gasteiger partial charge is 0.147 e. The first-order valence-electron chi connectivity index (χ1n) is 4.34. The highest BCUT2D eigenvalue weighted by molar-refractivity contribution is 7.80. The van der Waals surface area contributed by atoms with Crippen LogP contribution < -0.4 is 0 Å². The first kappa shape index (κ1) is 13.1. The quantitative estimate of drug-likeness (QED) is 0.579. The molecular formula is C9H11Cl2NO2S. The van der Waals surface area contributed by atoms with Gasteiger partial charge in [0.25, 0.3) is 0 Å². The molecule has 0 aliphatic rings. The van der Waals surface area contributed by atoms with Crippen LogP contribution in [0.5, 0.6) is 0 Å². The molecule has 2 atom stereocenters. The lowest BCUT2D eigenvalue weighted by atomic mass is 10.0. The topological polar surface area (TPSA) is 53.4 Å². The molecular weight excluding hydrogens is 257 g/mol. The lowest BCUT2D eigenvalue weighted by Crippen LogP contribution is -2.18. The third kappa shape index (κ3) is 3.50. The summed E-state index contributed by atoms with van der Waals surface area (Å²) >= 11 is 15.3. The summed E-state index contributed by atoms with van der Waals surface area (Å²) in [6.07, 6.45) is -0.105. The molecule has 1 heterocycles. The number of hydrogen-bond donors (Lipinski definition) is 3. The summed E-state index contributed by atoms with van der Waals surface area (Å²) in [6, 6.07) is 1.49. The molecule has 0 aromatic carbocycles. The first-order valence-corrected chi connectivity index (χ1v) is 5.73. The van der Waals surface area contributed by atoms with Crippen molar-refractivity contribution in [2.24, 2.45) is 0 Å². The Bertz CT molecular complexity index is 338. The Balaban J connectivity index is 2.81. The highest BCUT2D eigenvalue weighted by Gasteiger charge is 2.18. The van der Waals surface area contributed by atoms with Gasteiger partial charge in [-0.1, -0.05) is 23.2 Å². The van der Waals surface area contributed by atoms with Gasteiger partial charge in [-0.2, -0.15) is 12.6 Å². The SMILES string of the molecule is OC(CCS)C(O)c1cnc(Cl)c(Cl)c1. The highest BCUT2D eigenvalue weighted by Crippen LogP contribution is 2.25. The van der Waals surface area contributed by atoms with E-state index in [1.54, 1.807) is 0 Å². The fourth-order valence-corrected chi connectivity index (χ4v) is 1.65. The van der Waals surface area contributed by atoms with Gasteiger partial charge < -0.3 is 10.2 Å². The second-order valence-electron chi connectivity index (χ2n) is 3.07.